The van der Waals surface area contributed by atoms with Gasteiger partial charge in [0, 0.05) is 30.9 Å². The van der Waals surface area contributed by atoms with Crippen LogP contribution in [0.1, 0.15) is 29.7 Å². The lowest BCUT2D eigenvalue weighted by atomic mass is 9.97. The maximum absolute atomic E-state index is 13.0. The molecule has 2 heterocycles. The Morgan fingerprint density at radius 2 is 2.26 bits per heavy atom. The molecule has 6 heteroatoms. The number of nitrogens with zero attached hydrogens (tertiary/aromatic N) is 2. The third-order valence-electron chi connectivity index (χ3n) is 4.08. The lowest BCUT2D eigenvalue weighted by Crippen LogP contribution is -2.23. The molecule has 0 amide bonds. The topological polar surface area (TPSA) is 44.1 Å². The molecular formula is C17H22N2O2S2. The Balaban J connectivity index is 2.03. The number of thiophene rings is 1. The first kappa shape index (κ1) is 16.7. The van der Waals surface area contributed by atoms with Gasteiger partial charge in [-0.3, -0.25) is 9.36 Å². The summed E-state index contributed by atoms with van der Waals surface area (Å²) in [6, 6.07) is 0. The molecule has 2 aromatic heterocycles. The molecule has 0 N–H and O–H groups in total. The molecule has 0 atom stereocenters. The number of methoxy groups -OCH3 is 1. The number of allylic oxidation sites excluding steroid dienone is 1. The van der Waals surface area contributed by atoms with Crippen molar-refractivity contribution in [3.05, 3.63) is 33.4 Å². The summed E-state index contributed by atoms with van der Waals surface area (Å²) in [7, 11) is 1.71. The van der Waals surface area contributed by atoms with Gasteiger partial charge < -0.3 is 4.74 Å². The van der Waals surface area contributed by atoms with Gasteiger partial charge in [0.1, 0.15) is 4.83 Å². The van der Waals surface area contributed by atoms with Crippen molar-refractivity contribution in [1.82, 2.24) is 9.55 Å². The van der Waals surface area contributed by atoms with Crippen molar-refractivity contribution in [2.24, 2.45) is 0 Å². The van der Waals surface area contributed by atoms with Gasteiger partial charge in [-0.25, -0.2) is 4.98 Å². The molecule has 0 radical (unpaired) electrons. The summed E-state index contributed by atoms with van der Waals surface area (Å²) in [5.74, 6) is 0.897. The molecule has 1 aliphatic rings. The molecule has 2 aromatic rings. The Morgan fingerprint density at radius 3 is 3.04 bits per heavy atom. The van der Waals surface area contributed by atoms with Crippen LogP contribution in [0.4, 0.5) is 0 Å². The monoisotopic (exact) mass is 350 g/mol. The van der Waals surface area contributed by atoms with Crippen LogP contribution in [0, 0.1) is 0 Å². The smallest absolute Gasteiger partial charge is 0.263 e. The van der Waals surface area contributed by atoms with E-state index in [4.69, 9.17) is 9.72 Å². The predicted molar refractivity (Wildman–Crippen MR) is 97.9 cm³/mol. The van der Waals surface area contributed by atoms with Crippen LogP contribution in [0.3, 0.4) is 0 Å². The van der Waals surface area contributed by atoms with E-state index in [2.05, 4.69) is 6.58 Å². The normalized spacial score (nSPS) is 14.1. The molecule has 1 aliphatic carbocycles. The van der Waals surface area contributed by atoms with E-state index in [0.29, 0.717) is 6.54 Å². The standard InChI is InChI=1S/C17H22N2O2S2/c1-3-9-19-16(20)14-12-7-4-5-8-13(12)23-15(14)18-17(19)22-11-6-10-21-2/h3H,1,4-11H2,2H3. The second kappa shape index (κ2) is 7.64. The third kappa shape index (κ3) is 3.39. The fourth-order valence-electron chi connectivity index (χ4n) is 2.99. The number of aryl methyl sites for hydroxylation is 2. The van der Waals surface area contributed by atoms with E-state index in [-0.39, 0.29) is 5.56 Å². The van der Waals surface area contributed by atoms with Gasteiger partial charge >= 0.3 is 0 Å². The maximum Gasteiger partial charge on any atom is 0.263 e. The van der Waals surface area contributed by atoms with Gasteiger partial charge in [0.15, 0.2) is 5.16 Å². The molecule has 0 bridgehead atoms. The molecule has 0 saturated heterocycles. The highest BCUT2D eigenvalue weighted by atomic mass is 32.2. The highest BCUT2D eigenvalue weighted by molar-refractivity contribution is 7.99. The number of aromatic nitrogens is 2. The summed E-state index contributed by atoms with van der Waals surface area (Å²) in [5, 5.41) is 1.66. The Kier molecular flexibility index (Phi) is 5.56. The Hall–Kier alpha value is -1.11. The average molecular weight is 351 g/mol. The molecule has 0 fully saturated rings. The van der Waals surface area contributed by atoms with Crippen LogP contribution < -0.4 is 5.56 Å². The largest absolute Gasteiger partial charge is 0.385 e. The number of rotatable bonds is 7. The summed E-state index contributed by atoms with van der Waals surface area (Å²) >= 11 is 3.34. The van der Waals surface area contributed by atoms with Crippen LogP contribution in [-0.2, 0) is 24.1 Å². The Bertz CT molecular complexity index is 764. The SMILES string of the molecule is C=CCn1c(SCCCOC)nc2sc3c(c2c1=O)CCCC3. The summed E-state index contributed by atoms with van der Waals surface area (Å²) in [4.78, 5) is 20.1. The van der Waals surface area contributed by atoms with E-state index in [1.54, 1.807) is 40.9 Å². The van der Waals surface area contributed by atoms with E-state index in [1.165, 1.54) is 23.3 Å². The predicted octanol–water partition coefficient (Wildman–Crippen LogP) is 3.65. The molecule has 0 spiro atoms. The van der Waals surface area contributed by atoms with Crippen LogP contribution in [0.2, 0.25) is 0 Å². The summed E-state index contributed by atoms with van der Waals surface area (Å²) in [5.41, 5.74) is 1.35. The van der Waals surface area contributed by atoms with Gasteiger partial charge in [-0.2, -0.15) is 0 Å². The minimum atomic E-state index is 0.101. The van der Waals surface area contributed by atoms with Crippen LogP contribution in [0.25, 0.3) is 10.2 Å². The first-order valence-electron chi connectivity index (χ1n) is 8.04. The Labute approximate surface area is 144 Å². The zero-order chi connectivity index (χ0) is 16.2. The highest BCUT2D eigenvalue weighted by Crippen LogP contribution is 2.34. The van der Waals surface area contributed by atoms with Crippen molar-refractivity contribution in [3.63, 3.8) is 0 Å². The molecular weight excluding hydrogens is 328 g/mol. The van der Waals surface area contributed by atoms with Crippen molar-refractivity contribution in [3.8, 4) is 0 Å². The van der Waals surface area contributed by atoms with Gasteiger partial charge in [0.2, 0.25) is 0 Å². The van der Waals surface area contributed by atoms with Gasteiger partial charge in [-0.15, -0.1) is 17.9 Å². The van der Waals surface area contributed by atoms with E-state index < -0.39 is 0 Å². The second-order valence-electron chi connectivity index (χ2n) is 5.68. The summed E-state index contributed by atoms with van der Waals surface area (Å²) in [6.07, 6.45) is 7.22. The average Bonchev–Trinajstić information content (AvgIpc) is 2.93. The number of hydrogen-bond acceptors (Lipinski definition) is 5. The van der Waals surface area contributed by atoms with Crippen LogP contribution in [0.15, 0.2) is 22.6 Å². The molecule has 0 unspecified atom stereocenters. The molecule has 0 saturated carbocycles. The lowest BCUT2D eigenvalue weighted by molar-refractivity contribution is 0.200. The number of hydrogen-bond donors (Lipinski definition) is 0. The van der Waals surface area contributed by atoms with Crippen LogP contribution >= 0.6 is 23.1 Å². The number of thioether (sulfide) groups is 1. The summed E-state index contributed by atoms with van der Waals surface area (Å²) in [6.45, 7) is 5.03. The molecule has 23 heavy (non-hydrogen) atoms. The Morgan fingerprint density at radius 1 is 1.43 bits per heavy atom. The fraction of sp³-hybridized carbons (Fsp3) is 0.529. The third-order valence-corrected chi connectivity index (χ3v) is 6.32. The quantitative estimate of drug-likeness (QED) is 0.331. The molecule has 3 rings (SSSR count). The van der Waals surface area contributed by atoms with Gasteiger partial charge in [0.05, 0.1) is 5.39 Å². The van der Waals surface area contributed by atoms with Gasteiger partial charge in [-0.05, 0) is 37.7 Å². The first-order chi connectivity index (χ1) is 11.3. The van der Waals surface area contributed by atoms with Crippen molar-refractivity contribution in [1.29, 1.82) is 0 Å². The van der Waals surface area contributed by atoms with E-state index in [9.17, 15) is 4.79 Å². The number of fused-ring (bicyclic) bond motifs is 3. The number of ether oxygens (including phenoxy) is 1. The van der Waals surface area contributed by atoms with Crippen LogP contribution in [0.5, 0.6) is 0 Å². The zero-order valence-corrected chi connectivity index (χ0v) is 15.1. The van der Waals surface area contributed by atoms with Crippen molar-refractivity contribution in [2.45, 2.75) is 43.8 Å². The van der Waals surface area contributed by atoms with E-state index in [0.717, 1.165) is 47.0 Å². The molecule has 0 aromatic carbocycles. The highest BCUT2D eigenvalue weighted by Gasteiger charge is 2.21. The lowest BCUT2D eigenvalue weighted by Gasteiger charge is -2.12. The zero-order valence-electron chi connectivity index (χ0n) is 13.5. The summed E-state index contributed by atoms with van der Waals surface area (Å²) < 4.78 is 6.86. The first-order valence-corrected chi connectivity index (χ1v) is 9.84. The van der Waals surface area contributed by atoms with Gasteiger partial charge in [-0.1, -0.05) is 17.8 Å². The molecule has 4 nitrogen and oxygen atoms in total. The van der Waals surface area contributed by atoms with E-state index in [1.807, 2.05) is 0 Å². The van der Waals surface area contributed by atoms with Crippen molar-refractivity contribution in [2.75, 3.05) is 19.5 Å². The maximum atomic E-state index is 13.0. The molecule has 124 valence electrons. The van der Waals surface area contributed by atoms with Gasteiger partial charge in [0.25, 0.3) is 5.56 Å². The van der Waals surface area contributed by atoms with Crippen LogP contribution in [-0.4, -0.2) is 29.0 Å². The molecule has 0 aliphatic heterocycles. The van der Waals surface area contributed by atoms with Crippen molar-refractivity contribution >= 4 is 33.3 Å². The second-order valence-corrected chi connectivity index (χ2v) is 7.83. The van der Waals surface area contributed by atoms with Crippen molar-refractivity contribution < 1.29 is 4.74 Å². The fourth-order valence-corrected chi connectivity index (χ4v) is 5.21. The minimum Gasteiger partial charge on any atom is -0.385 e. The minimum absolute atomic E-state index is 0.101. The van der Waals surface area contributed by atoms with E-state index >= 15 is 0 Å².